The predicted octanol–water partition coefficient (Wildman–Crippen LogP) is 16.4. The van der Waals surface area contributed by atoms with Crippen LogP contribution in [0.2, 0.25) is 0 Å². The Balaban J connectivity index is 1.18. The largest absolute Gasteiger partial charge is 0.490 e. The summed E-state index contributed by atoms with van der Waals surface area (Å²) in [6.45, 7) is 27.6. The Labute approximate surface area is 426 Å². The molecule has 0 aliphatic heterocycles. The first-order valence-electron chi connectivity index (χ1n) is 24.5. The van der Waals surface area contributed by atoms with E-state index in [1.54, 1.807) is 36.4 Å². The molecular weight excluding hydrogens is 905 g/mol. The van der Waals surface area contributed by atoms with Gasteiger partial charge in [-0.1, -0.05) is 87.4 Å². The van der Waals surface area contributed by atoms with Crippen LogP contribution in [0.3, 0.4) is 0 Å². The number of nitriles is 1. The first-order valence-corrected chi connectivity index (χ1v) is 24.5. The molecule has 1 aromatic heterocycles. The van der Waals surface area contributed by atoms with Gasteiger partial charge in [0.15, 0.2) is 0 Å². The molecule has 0 N–H and O–H groups in total. The number of carbonyl (C=O) groups is 2. The van der Waals surface area contributed by atoms with Crippen molar-refractivity contribution in [2.75, 3.05) is 26.4 Å². The fourth-order valence-electron chi connectivity index (χ4n) is 9.19. The first-order chi connectivity index (χ1) is 33.9. The molecule has 5 rings (SSSR count). The van der Waals surface area contributed by atoms with Gasteiger partial charge in [0.25, 0.3) is 0 Å². The highest BCUT2D eigenvalue weighted by molar-refractivity contribution is 5.79. The minimum atomic E-state index is -0.951. The van der Waals surface area contributed by atoms with Crippen LogP contribution in [0.15, 0.2) is 146 Å². The van der Waals surface area contributed by atoms with Crippen molar-refractivity contribution in [3.8, 4) is 17.6 Å². The number of aryl methyl sites for hydroxylation is 1. The zero-order valence-electron chi connectivity index (χ0n) is 44.4. The van der Waals surface area contributed by atoms with Gasteiger partial charge in [-0.15, -0.1) is 5.11 Å². The molecule has 4 aromatic carbocycles. The number of rotatable bonds is 22. The summed E-state index contributed by atoms with van der Waals surface area (Å²) in [5.74, 6) is 0.626. The Morgan fingerprint density at radius 2 is 1.03 bits per heavy atom. The van der Waals surface area contributed by atoms with Crippen LogP contribution < -0.4 is 9.47 Å². The van der Waals surface area contributed by atoms with Gasteiger partial charge in [-0.3, -0.25) is 9.59 Å². The third-order valence-corrected chi connectivity index (χ3v) is 14.1. The number of ether oxygens (including phenoxy) is 4. The normalized spacial score (nSPS) is 14.8. The average Bonchev–Trinajstić information content (AvgIpc) is 3.34. The molecule has 0 bridgehead atoms. The third kappa shape index (κ3) is 14.5. The van der Waals surface area contributed by atoms with Gasteiger partial charge in [-0.25, -0.2) is 4.98 Å². The minimum Gasteiger partial charge on any atom is -0.490 e. The molecule has 1 heterocycles. The molecule has 72 heavy (non-hydrogen) atoms. The number of aromatic nitrogens is 1. The van der Waals surface area contributed by atoms with E-state index in [0.29, 0.717) is 64.9 Å². The summed E-state index contributed by atoms with van der Waals surface area (Å²) in [7, 11) is 0. The van der Waals surface area contributed by atoms with Crippen molar-refractivity contribution in [3.05, 3.63) is 127 Å². The van der Waals surface area contributed by atoms with Gasteiger partial charge in [-0.05, 0) is 158 Å². The van der Waals surface area contributed by atoms with Crippen molar-refractivity contribution in [2.24, 2.45) is 63.2 Å². The van der Waals surface area contributed by atoms with Crippen molar-refractivity contribution in [1.29, 1.82) is 5.26 Å². The SMILES string of the molecule is CCC(C)(C(C)(C)CC(C)(C(=O)OCCOc1ccc(/N=N/c2ccc(C#N)nc2)cc1)C(C)(C)C)C(C)(CC(C)(C)C)C(=O)OCCOc1ccc(/N=N/c2ccc(/N=N/c3ccccc3)cc2)cc1C. The maximum Gasteiger partial charge on any atom is 0.312 e. The lowest BCUT2D eigenvalue weighted by Crippen LogP contribution is -2.57. The molecule has 0 amide bonds. The van der Waals surface area contributed by atoms with E-state index in [2.05, 4.69) is 105 Å². The summed E-state index contributed by atoms with van der Waals surface area (Å²) in [6.07, 6.45) is 3.14. The number of azo groups is 3. The van der Waals surface area contributed by atoms with Crippen LogP contribution in [0.25, 0.3) is 0 Å². The van der Waals surface area contributed by atoms with E-state index in [-0.39, 0.29) is 43.8 Å². The maximum absolute atomic E-state index is 14.7. The van der Waals surface area contributed by atoms with Crippen molar-refractivity contribution in [2.45, 2.75) is 109 Å². The van der Waals surface area contributed by atoms with Gasteiger partial charge in [0.1, 0.15) is 55.4 Å². The monoisotopic (exact) mass is 977 g/mol. The number of hydrogen-bond acceptors (Lipinski definition) is 14. The topological polar surface area (TPSA) is 182 Å². The lowest BCUT2D eigenvalue weighted by molar-refractivity contribution is -0.185. The number of benzene rings is 4. The predicted molar refractivity (Wildman–Crippen MR) is 281 cm³/mol. The lowest BCUT2D eigenvalue weighted by atomic mass is 9.45. The highest BCUT2D eigenvalue weighted by Crippen LogP contribution is 2.63. The Morgan fingerprint density at radius 3 is 1.51 bits per heavy atom. The lowest BCUT2D eigenvalue weighted by Gasteiger charge is -2.58. The van der Waals surface area contributed by atoms with Crippen LogP contribution in [0.5, 0.6) is 11.5 Å². The van der Waals surface area contributed by atoms with Crippen LogP contribution in [0.1, 0.15) is 114 Å². The number of hydrogen-bond donors (Lipinski definition) is 0. The maximum atomic E-state index is 14.7. The van der Waals surface area contributed by atoms with Crippen LogP contribution >= 0.6 is 0 Å². The van der Waals surface area contributed by atoms with Crippen LogP contribution in [-0.4, -0.2) is 43.4 Å². The molecule has 0 aliphatic rings. The molecule has 0 radical (unpaired) electrons. The van der Waals surface area contributed by atoms with Gasteiger partial charge in [0.05, 0.1) is 45.5 Å². The van der Waals surface area contributed by atoms with Gasteiger partial charge < -0.3 is 18.9 Å². The third-order valence-electron chi connectivity index (χ3n) is 14.1. The fourth-order valence-corrected chi connectivity index (χ4v) is 9.19. The van der Waals surface area contributed by atoms with Crippen LogP contribution in [0.4, 0.5) is 34.1 Å². The molecule has 5 aromatic rings. The number of pyridine rings is 1. The summed E-state index contributed by atoms with van der Waals surface area (Å²) < 4.78 is 24.3. The Bertz CT molecular complexity index is 2720. The minimum absolute atomic E-state index is 0.0500. The zero-order chi connectivity index (χ0) is 52.8. The van der Waals surface area contributed by atoms with Crippen LogP contribution in [-0.2, 0) is 19.1 Å². The second kappa shape index (κ2) is 23.8. The summed E-state index contributed by atoms with van der Waals surface area (Å²) >= 11 is 0. The fraction of sp³-hybridized carbons (Fsp3) is 0.448. The molecular formula is C58H72N8O6. The number of nitrogens with zero attached hydrogens (tertiary/aromatic N) is 8. The molecule has 0 spiro atoms. The van der Waals surface area contributed by atoms with Crippen molar-refractivity contribution >= 4 is 46.1 Å². The van der Waals surface area contributed by atoms with Crippen molar-refractivity contribution in [1.82, 2.24) is 4.98 Å². The van der Waals surface area contributed by atoms with E-state index in [1.165, 1.54) is 6.20 Å². The molecule has 14 heteroatoms. The zero-order valence-corrected chi connectivity index (χ0v) is 44.4. The molecule has 0 saturated carbocycles. The molecule has 0 saturated heterocycles. The molecule has 3 atom stereocenters. The van der Waals surface area contributed by atoms with E-state index in [1.807, 2.05) is 99.6 Å². The van der Waals surface area contributed by atoms with E-state index in [9.17, 15) is 9.59 Å². The molecule has 0 aliphatic carbocycles. The standard InChI is InChI=1S/C58H72N8O6/c1-14-58(13,55(9,10)40-56(11,54(6,7)8)51(67)71-34-32-69-49-29-26-45(27-30-49)64-66-48-25-24-47(37-59)60-38-48)57(12,39-53(3,4)5)52(68)72-35-33-70-50-31-28-46(36-41(50)2)65-63-44-22-20-43(21-23-44)62-61-42-18-16-15-17-19-42/h15-31,36,38H,14,32-35,39-40H2,1-13H3/b62-61+,65-63+,66-64+. The highest BCUT2D eigenvalue weighted by atomic mass is 16.6. The summed E-state index contributed by atoms with van der Waals surface area (Å²) in [5.41, 5.74) is 1.31. The number of carbonyl (C=O) groups excluding carboxylic acids is 2. The molecule has 3 unspecified atom stereocenters. The summed E-state index contributed by atoms with van der Waals surface area (Å²) in [5, 5.41) is 34.7. The molecule has 14 nitrogen and oxygen atoms in total. The van der Waals surface area contributed by atoms with E-state index in [0.717, 1.165) is 11.3 Å². The van der Waals surface area contributed by atoms with Gasteiger partial charge in [0, 0.05) is 0 Å². The van der Waals surface area contributed by atoms with E-state index in [4.69, 9.17) is 24.2 Å². The smallest absolute Gasteiger partial charge is 0.312 e. The second-order valence-electron chi connectivity index (χ2n) is 21.8. The summed E-state index contributed by atoms with van der Waals surface area (Å²) in [6, 6.07) is 34.8. The van der Waals surface area contributed by atoms with Gasteiger partial charge in [0.2, 0.25) is 0 Å². The Hall–Kier alpha value is -7.14. The van der Waals surface area contributed by atoms with E-state index < -0.39 is 27.1 Å². The highest BCUT2D eigenvalue weighted by Gasteiger charge is 2.61. The number of esters is 2. The Kier molecular flexibility index (Phi) is 18.5. The first kappa shape index (κ1) is 55.8. The second-order valence-corrected chi connectivity index (χ2v) is 21.8. The molecule has 380 valence electrons. The van der Waals surface area contributed by atoms with E-state index >= 15 is 0 Å². The van der Waals surface area contributed by atoms with Crippen LogP contribution in [0, 0.1) is 50.7 Å². The summed E-state index contributed by atoms with van der Waals surface area (Å²) in [4.78, 5) is 33.0. The quantitative estimate of drug-likeness (QED) is 0.0373. The van der Waals surface area contributed by atoms with Crippen molar-refractivity contribution < 1.29 is 28.5 Å². The van der Waals surface area contributed by atoms with Gasteiger partial charge >= 0.3 is 11.9 Å². The van der Waals surface area contributed by atoms with Gasteiger partial charge in [-0.2, -0.15) is 30.8 Å². The average molecular weight is 977 g/mol. The van der Waals surface area contributed by atoms with Crippen molar-refractivity contribution in [3.63, 3.8) is 0 Å². The molecule has 0 fully saturated rings. The Morgan fingerprint density at radius 1 is 0.556 bits per heavy atom.